The van der Waals surface area contributed by atoms with E-state index < -0.39 is 0 Å². The van der Waals surface area contributed by atoms with E-state index in [1.54, 1.807) is 6.20 Å². The number of hydrogen-bond acceptors (Lipinski definition) is 4. The number of halogens is 1. The van der Waals surface area contributed by atoms with Crippen molar-refractivity contribution >= 4 is 26.9 Å². The van der Waals surface area contributed by atoms with Gasteiger partial charge in [-0.15, -0.1) is 0 Å². The number of nitrogens with one attached hydrogen (secondary N) is 1. The molecule has 104 valence electrons. The lowest BCUT2D eigenvalue weighted by atomic mass is 10.1. The number of para-hydroxylation sites is 1. The molecule has 1 aromatic carbocycles. The molecule has 3 rings (SSSR count). The van der Waals surface area contributed by atoms with Crippen molar-refractivity contribution in [3.05, 3.63) is 52.5 Å². The van der Waals surface area contributed by atoms with E-state index in [0.29, 0.717) is 0 Å². The summed E-state index contributed by atoms with van der Waals surface area (Å²) in [6, 6.07) is 9.66. The third kappa shape index (κ3) is 2.15. The van der Waals surface area contributed by atoms with Crippen LogP contribution in [0.25, 0.3) is 11.0 Å². The molecule has 0 aliphatic rings. The first kappa shape index (κ1) is 13.4. The van der Waals surface area contributed by atoms with Crippen LogP contribution in [0, 0.1) is 0 Å². The Kier molecular flexibility index (Phi) is 3.60. The zero-order valence-corrected chi connectivity index (χ0v) is 12.6. The van der Waals surface area contributed by atoms with Crippen molar-refractivity contribution in [3.8, 4) is 0 Å². The van der Waals surface area contributed by atoms with E-state index in [4.69, 9.17) is 10.3 Å². The number of hydrogen-bond donors (Lipinski definition) is 2. The van der Waals surface area contributed by atoms with Gasteiger partial charge in [-0.2, -0.15) is 5.10 Å². The largest absolute Gasteiger partial charge is 0.458 e. The molecule has 0 saturated heterocycles. The van der Waals surface area contributed by atoms with Crippen LogP contribution >= 0.6 is 15.9 Å². The van der Waals surface area contributed by atoms with Crippen LogP contribution in [0.1, 0.15) is 24.4 Å². The zero-order chi connectivity index (χ0) is 14.1. The lowest BCUT2D eigenvalue weighted by molar-refractivity contribution is 0.451. The summed E-state index contributed by atoms with van der Waals surface area (Å²) in [5.74, 6) is 6.48. The first-order valence-electron chi connectivity index (χ1n) is 6.40. The van der Waals surface area contributed by atoms with Gasteiger partial charge in [0.05, 0.1) is 10.2 Å². The summed E-state index contributed by atoms with van der Waals surface area (Å²) in [4.78, 5) is 0. The highest BCUT2D eigenvalue weighted by atomic mass is 79.9. The van der Waals surface area contributed by atoms with Crippen LogP contribution in [0.5, 0.6) is 0 Å². The van der Waals surface area contributed by atoms with Gasteiger partial charge in [-0.3, -0.25) is 10.5 Å². The molecule has 1 atom stereocenters. The molecule has 1 unspecified atom stereocenters. The number of benzene rings is 1. The smallest absolute Gasteiger partial charge is 0.148 e. The molecule has 0 aliphatic heterocycles. The third-order valence-corrected chi connectivity index (χ3v) is 3.94. The van der Waals surface area contributed by atoms with Crippen molar-refractivity contribution in [3.63, 3.8) is 0 Å². The molecule has 0 bridgehead atoms. The van der Waals surface area contributed by atoms with Crippen molar-refractivity contribution in [2.75, 3.05) is 0 Å². The number of furan rings is 1. The average molecular weight is 335 g/mol. The molecule has 0 spiro atoms. The van der Waals surface area contributed by atoms with E-state index in [2.05, 4.69) is 26.5 Å². The Bertz CT molecular complexity index is 734. The van der Waals surface area contributed by atoms with Crippen molar-refractivity contribution in [1.29, 1.82) is 0 Å². The topological polar surface area (TPSA) is 69.0 Å². The number of hydrazine groups is 1. The molecule has 6 heteroatoms. The Morgan fingerprint density at radius 1 is 1.45 bits per heavy atom. The maximum absolute atomic E-state index is 5.94. The number of nitrogens with zero attached hydrogens (tertiary/aromatic N) is 2. The van der Waals surface area contributed by atoms with Gasteiger partial charge < -0.3 is 4.42 Å². The normalized spacial score (nSPS) is 12.9. The fourth-order valence-corrected chi connectivity index (χ4v) is 2.82. The molecule has 2 heterocycles. The number of rotatable bonds is 4. The van der Waals surface area contributed by atoms with Crippen molar-refractivity contribution in [2.45, 2.75) is 19.5 Å². The molecule has 0 radical (unpaired) electrons. The quantitative estimate of drug-likeness (QED) is 0.568. The Hall–Kier alpha value is -1.63. The van der Waals surface area contributed by atoms with Crippen LogP contribution in [-0.4, -0.2) is 9.78 Å². The van der Waals surface area contributed by atoms with Gasteiger partial charge >= 0.3 is 0 Å². The molecule has 0 saturated carbocycles. The summed E-state index contributed by atoms with van der Waals surface area (Å²) in [6.07, 6.45) is 1.77. The van der Waals surface area contributed by atoms with Gasteiger partial charge in [-0.1, -0.05) is 12.1 Å². The second-order valence-corrected chi connectivity index (χ2v) is 5.33. The van der Waals surface area contributed by atoms with E-state index in [1.165, 1.54) is 0 Å². The predicted molar refractivity (Wildman–Crippen MR) is 81.0 cm³/mol. The van der Waals surface area contributed by atoms with Crippen LogP contribution in [0.3, 0.4) is 0 Å². The minimum Gasteiger partial charge on any atom is -0.458 e. The summed E-state index contributed by atoms with van der Waals surface area (Å²) >= 11 is 3.50. The Morgan fingerprint density at radius 3 is 3.00 bits per heavy atom. The van der Waals surface area contributed by atoms with Crippen LogP contribution in [0.15, 0.2) is 45.4 Å². The third-order valence-electron chi connectivity index (χ3n) is 3.31. The second kappa shape index (κ2) is 5.40. The number of fused-ring (bicyclic) bond motifs is 1. The fourth-order valence-electron chi connectivity index (χ4n) is 2.36. The van der Waals surface area contributed by atoms with E-state index in [-0.39, 0.29) is 6.04 Å². The minimum absolute atomic E-state index is 0.225. The van der Waals surface area contributed by atoms with E-state index in [1.807, 2.05) is 41.9 Å². The highest BCUT2D eigenvalue weighted by Gasteiger charge is 2.21. The molecule has 5 nitrogen and oxygen atoms in total. The Balaban J connectivity index is 2.10. The van der Waals surface area contributed by atoms with Crippen LogP contribution < -0.4 is 11.3 Å². The van der Waals surface area contributed by atoms with Gasteiger partial charge in [0.1, 0.15) is 17.4 Å². The minimum atomic E-state index is -0.225. The molecule has 20 heavy (non-hydrogen) atoms. The Labute approximate surface area is 124 Å². The number of nitrogens with two attached hydrogens (primary N) is 1. The summed E-state index contributed by atoms with van der Waals surface area (Å²) < 4.78 is 8.77. The van der Waals surface area contributed by atoms with Gasteiger partial charge in [0.25, 0.3) is 0 Å². The number of aromatic nitrogens is 2. The standard InChI is InChI=1S/C14H15BrN4O/c1-2-19-11(6-7-17-19)13(18-16)12-8-9-4-3-5-10(15)14(9)20-12/h3-8,13,18H,2,16H2,1H3. The van der Waals surface area contributed by atoms with Gasteiger partial charge in [-0.05, 0) is 41.1 Å². The molecular weight excluding hydrogens is 320 g/mol. The number of aryl methyl sites for hydroxylation is 1. The molecule has 3 N–H and O–H groups in total. The monoisotopic (exact) mass is 334 g/mol. The van der Waals surface area contributed by atoms with Gasteiger partial charge in [0, 0.05) is 18.1 Å². The molecular formula is C14H15BrN4O. The summed E-state index contributed by atoms with van der Waals surface area (Å²) in [5.41, 5.74) is 4.61. The highest BCUT2D eigenvalue weighted by Crippen LogP contribution is 2.31. The lowest BCUT2D eigenvalue weighted by Gasteiger charge is -2.14. The second-order valence-electron chi connectivity index (χ2n) is 4.48. The summed E-state index contributed by atoms with van der Waals surface area (Å²) in [7, 11) is 0. The zero-order valence-electron chi connectivity index (χ0n) is 11.0. The molecule has 2 aromatic heterocycles. The first-order chi connectivity index (χ1) is 9.74. The van der Waals surface area contributed by atoms with Crippen molar-refractivity contribution in [2.24, 2.45) is 5.84 Å². The molecule has 0 fully saturated rings. The van der Waals surface area contributed by atoms with Gasteiger partial charge in [0.15, 0.2) is 0 Å². The average Bonchev–Trinajstić information content (AvgIpc) is 3.07. The van der Waals surface area contributed by atoms with Gasteiger partial charge in [0.2, 0.25) is 0 Å². The summed E-state index contributed by atoms with van der Waals surface area (Å²) in [6.45, 7) is 2.82. The SMILES string of the molecule is CCn1nccc1C(NN)c1cc2cccc(Br)c2o1. The fraction of sp³-hybridized carbons (Fsp3) is 0.214. The molecule has 3 aromatic rings. The van der Waals surface area contributed by atoms with Gasteiger partial charge in [-0.25, -0.2) is 5.43 Å². The lowest BCUT2D eigenvalue weighted by Crippen LogP contribution is -2.30. The molecule has 0 amide bonds. The van der Waals surface area contributed by atoms with E-state index >= 15 is 0 Å². The van der Waals surface area contributed by atoms with Crippen molar-refractivity contribution < 1.29 is 4.42 Å². The Morgan fingerprint density at radius 2 is 2.30 bits per heavy atom. The van der Waals surface area contributed by atoms with Crippen LogP contribution in [-0.2, 0) is 6.54 Å². The summed E-state index contributed by atoms with van der Waals surface area (Å²) in [5, 5.41) is 5.31. The highest BCUT2D eigenvalue weighted by molar-refractivity contribution is 9.10. The first-order valence-corrected chi connectivity index (χ1v) is 7.19. The maximum atomic E-state index is 5.94. The van der Waals surface area contributed by atoms with Crippen LogP contribution in [0.2, 0.25) is 0 Å². The van der Waals surface area contributed by atoms with E-state index in [9.17, 15) is 0 Å². The maximum Gasteiger partial charge on any atom is 0.148 e. The molecule has 0 aliphatic carbocycles. The van der Waals surface area contributed by atoms with Crippen molar-refractivity contribution in [1.82, 2.24) is 15.2 Å². The van der Waals surface area contributed by atoms with E-state index in [0.717, 1.165) is 33.4 Å². The van der Waals surface area contributed by atoms with Crippen LogP contribution in [0.4, 0.5) is 0 Å². The predicted octanol–water partition coefficient (Wildman–Crippen LogP) is 2.96.